The van der Waals surface area contributed by atoms with E-state index in [2.05, 4.69) is 16.9 Å². The average molecular weight is 248 g/mol. The molecule has 0 bridgehead atoms. The molecular weight excluding hydrogens is 236 g/mol. The standard InChI is InChI=1S/C11H12N4OS/c1-14-8-13-15(11(14)16)6-10-5-9(7-17-10)3-2-4-12/h5,7-8H,4,6,12H2,1H3. The van der Waals surface area contributed by atoms with Gasteiger partial charge in [0.25, 0.3) is 0 Å². The van der Waals surface area contributed by atoms with Gasteiger partial charge in [-0.15, -0.1) is 11.3 Å². The maximum Gasteiger partial charge on any atom is 0.345 e. The first kappa shape index (κ1) is 11.6. The molecule has 2 N–H and O–H groups in total. The number of aryl methyl sites for hydroxylation is 1. The molecule has 88 valence electrons. The van der Waals surface area contributed by atoms with Crippen LogP contribution in [0.2, 0.25) is 0 Å². The molecule has 0 aliphatic rings. The summed E-state index contributed by atoms with van der Waals surface area (Å²) in [6.07, 6.45) is 1.51. The minimum absolute atomic E-state index is 0.118. The van der Waals surface area contributed by atoms with Crippen LogP contribution in [-0.4, -0.2) is 20.9 Å². The molecule has 6 heteroatoms. The summed E-state index contributed by atoms with van der Waals surface area (Å²) in [6, 6.07) is 1.95. The predicted molar refractivity (Wildman–Crippen MR) is 66.8 cm³/mol. The molecule has 0 saturated heterocycles. The van der Waals surface area contributed by atoms with Crippen molar-refractivity contribution >= 4 is 11.3 Å². The molecule has 0 amide bonds. The molecule has 0 atom stereocenters. The minimum Gasteiger partial charge on any atom is -0.320 e. The molecule has 2 aromatic rings. The highest BCUT2D eigenvalue weighted by atomic mass is 32.1. The lowest BCUT2D eigenvalue weighted by atomic mass is 10.3. The van der Waals surface area contributed by atoms with Gasteiger partial charge in [-0.1, -0.05) is 11.8 Å². The van der Waals surface area contributed by atoms with Crippen LogP contribution in [0.15, 0.2) is 22.6 Å². The van der Waals surface area contributed by atoms with Gasteiger partial charge in [0.1, 0.15) is 6.33 Å². The molecule has 0 aliphatic carbocycles. The van der Waals surface area contributed by atoms with E-state index in [0.717, 1.165) is 10.4 Å². The van der Waals surface area contributed by atoms with Gasteiger partial charge in [0.05, 0.1) is 13.1 Å². The first-order valence-electron chi connectivity index (χ1n) is 5.05. The van der Waals surface area contributed by atoms with E-state index in [4.69, 9.17) is 5.73 Å². The molecule has 5 nitrogen and oxygen atoms in total. The molecule has 2 heterocycles. The minimum atomic E-state index is -0.118. The number of aromatic nitrogens is 3. The fourth-order valence-corrected chi connectivity index (χ4v) is 2.16. The number of thiophene rings is 1. The van der Waals surface area contributed by atoms with E-state index >= 15 is 0 Å². The smallest absolute Gasteiger partial charge is 0.320 e. The van der Waals surface area contributed by atoms with E-state index in [1.54, 1.807) is 18.4 Å². The summed E-state index contributed by atoms with van der Waals surface area (Å²) >= 11 is 1.56. The Kier molecular flexibility index (Phi) is 3.42. The molecule has 0 aromatic carbocycles. The van der Waals surface area contributed by atoms with E-state index in [1.807, 2.05) is 11.4 Å². The van der Waals surface area contributed by atoms with E-state index in [0.29, 0.717) is 13.1 Å². The summed E-state index contributed by atoms with van der Waals surface area (Å²) in [5.41, 5.74) is 6.11. The van der Waals surface area contributed by atoms with E-state index in [9.17, 15) is 4.79 Å². The topological polar surface area (TPSA) is 65.8 Å². The third-order valence-corrected chi connectivity index (χ3v) is 3.10. The van der Waals surface area contributed by atoms with Crippen molar-refractivity contribution in [3.63, 3.8) is 0 Å². The Morgan fingerprint density at radius 2 is 2.41 bits per heavy atom. The molecule has 0 aliphatic heterocycles. The molecular formula is C11H12N4OS. The number of nitrogens with two attached hydrogens (primary N) is 1. The predicted octanol–water partition coefficient (Wildman–Crippen LogP) is 0.00180. The van der Waals surface area contributed by atoms with Gasteiger partial charge in [0.2, 0.25) is 0 Å². The van der Waals surface area contributed by atoms with Gasteiger partial charge in [0, 0.05) is 22.9 Å². The third kappa shape index (κ3) is 2.64. The van der Waals surface area contributed by atoms with Gasteiger partial charge < -0.3 is 5.73 Å². The van der Waals surface area contributed by atoms with Gasteiger partial charge in [-0.3, -0.25) is 4.57 Å². The quantitative estimate of drug-likeness (QED) is 0.761. The summed E-state index contributed by atoms with van der Waals surface area (Å²) in [6.45, 7) is 0.833. The molecule has 2 aromatic heterocycles. The highest BCUT2D eigenvalue weighted by Crippen LogP contribution is 2.14. The lowest BCUT2D eigenvalue weighted by Crippen LogP contribution is -2.23. The van der Waals surface area contributed by atoms with Crippen LogP contribution in [0.25, 0.3) is 0 Å². The number of hydrogen-bond donors (Lipinski definition) is 1. The number of rotatable bonds is 2. The average Bonchev–Trinajstić information content (AvgIpc) is 2.89. The van der Waals surface area contributed by atoms with Crippen molar-refractivity contribution < 1.29 is 0 Å². The third-order valence-electron chi connectivity index (χ3n) is 2.18. The molecule has 0 saturated carbocycles. The van der Waals surface area contributed by atoms with Gasteiger partial charge in [-0.05, 0) is 6.07 Å². The van der Waals surface area contributed by atoms with Crippen LogP contribution in [0.3, 0.4) is 0 Å². The van der Waals surface area contributed by atoms with E-state index in [-0.39, 0.29) is 5.69 Å². The molecule has 17 heavy (non-hydrogen) atoms. The molecule has 0 fully saturated rings. The van der Waals surface area contributed by atoms with Crippen LogP contribution >= 0.6 is 11.3 Å². The van der Waals surface area contributed by atoms with Gasteiger partial charge in [-0.2, -0.15) is 5.10 Å². The zero-order chi connectivity index (χ0) is 12.3. The Morgan fingerprint density at radius 3 is 3.06 bits per heavy atom. The lowest BCUT2D eigenvalue weighted by molar-refractivity contribution is 0.653. The number of nitrogens with zero attached hydrogens (tertiary/aromatic N) is 3. The Hall–Kier alpha value is -1.84. The molecule has 0 radical (unpaired) electrons. The first-order valence-corrected chi connectivity index (χ1v) is 5.93. The van der Waals surface area contributed by atoms with Gasteiger partial charge in [-0.25, -0.2) is 9.48 Å². The Bertz CT molecular complexity index is 626. The molecule has 2 rings (SSSR count). The SMILES string of the molecule is Cn1cnn(Cc2cc(C#CCN)cs2)c1=O. The monoisotopic (exact) mass is 248 g/mol. The zero-order valence-corrected chi connectivity index (χ0v) is 10.2. The first-order chi connectivity index (χ1) is 8.20. The summed E-state index contributed by atoms with van der Waals surface area (Å²) in [4.78, 5) is 12.6. The van der Waals surface area contributed by atoms with Crippen molar-refractivity contribution in [2.45, 2.75) is 6.54 Å². The van der Waals surface area contributed by atoms with E-state index in [1.165, 1.54) is 15.6 Å². The zero-order valence-electron chi connectivity index (χ0n) is 9.38. The van der Waals surface area contributed by atoms with Crippen molar-refractivity contribution in [2.24, 2.45) is 12.8 Å². The van der Waals surface area contributed by atoms with Crippen LogP contribution in [0.5, 0.6) is 0 Å². The normalized spacial score (nSPS) is 10.0. The van der Waals surface area contributed by atoms with Crippen LogP contribution in [-0.2, 0) is 13.6 Å². The summed E-state index contributed by atoms with van der Waals surface area (Å²) in [5.74, 6) is 5.75. The Balaban J connectivity index is 2.17. The fraction of sp³-hybridized carbons (Fsp3) is 0.273. The second-order valence-corrected chi connectivity index (χ2v) is 4.49. The summed E-state index contributed by atoms with van der Waals surface area (Å²) in [5, 5.41) is 5.95. The van der Waals surface area contributed by atoms with Crippen LogP contribution in [0.1, 0.15) is 10.4 Å². The highest BCUT2D eigenvalue weighted by molar-refractivity contribution is 7.10. The summed E-state index contributed by atoms with van der Waals surface area (Å²) < 4.78 is 2.87. The fourth-order valence-electron chi connectivity index (χ4n) is 1.36. The highest BCUT2D eigenvalue weighted by Gasteiger charge is 2.04. The van der Waals surface area contributed by atoms with Crippen molar-refractivity contribution in [1.29, 1.82) is 0 Å². The lowest BCUT2D eigenvalue weighted by Gasteiger charge is -1.94. The van der Waals surface area contributed by atoms with Crippen LogP contribution in [0, 0.1) is 11.8 Å². The maximum absolute atomic E-state index is 11.6. The van der Waals surface area contributed by atoms with Gasteiger partial charge in [0.15, 0.2) is 0 Å². The van der Waals surface area contributed by atoms with Crippen LogP contribution < -0.4 is 11.4 Å². The van der Waals surface area contributed by atoms with E-state index < -0.39 is 0 Å². The second-order valence-electron chi connectivity index (χ2n) is 3.49. The largest absolute Gasteiger partial charge is 0.345 e. The molecule has 0 spiro atoms. The number of hydrogen-bond acceptors (Lipinski definition) is 4. The maximum atomic E-state index is 11.6. The van der Waals surface area contributed by atoms with Crippen molar-refractivity contribution in [1.82, 2.24) is 14.3 Å². The van der Waals surface area contributed by atoms with Gasteiger partial charge >= 0.3 is 5.69 Å². The van der Waals surface area contributed by atoms with Crippen LogP contribution in [0.4, 0.5) is 0 Å². The van der Waals surface area contributed by atoms with Crippen molar-refractivity contribution in [3.8, 4) is 11.8 Å². The summed E-state index contributed by atoms with van der Waals surface area (Å²) in [7, 11) is 1.68. The molecule has 0 unspecified atom stereocenters. The van der Waals surface area contributed by atoms with Crippen molar-refractivity contribution in [2.75, 3.05) is 6.54 Å². The Morgan fingerprint density at radius 1 is 1.59 bits per heavy atom. The Labute approximate surface area is 102 Å². The second kappa shape index (κ2) is 4.99. The van der Waals surface area contributed by atoms with Crippen molar-refractivity contribution in [3.05, 3.63) is 38.7 Å².